The quantitative estimate of drug-likeness (QED) is 0.766. The monoisotopic (exact) mass is 392 g/mol. The van der Waals surface area contributed by atoms with Gasteiger partial charge in [-0.2, -0.15) is 0 Å². The van der Waals surface area contributed by atoms with Gasteiger partial charge in [0.15, 0.2) is 0 Å². The predicted octanol–water partition coefficient (Wildman–Crippen LogP) is 3.79. The van der Waals surface area contributed by atoms with E-state index in [-0.39, 0.29) is 11.9 Å². The highest BCUT2D eigenvalue weighted by atomic mass is 19.1. The highest BCUT2D eigenvalue weighted by molar-refractivity contribution is 5.46. The van der Waals surface area contributed by atoms with Crippen LogP contribution in [0.5, 0.6) is 0 Å². The zero-order valence-corrected chi connectivity index (χ0v) is 17.7. The molecule has 158 valence electrons. The maximum atomic E-state index is 13.1. The molecule has 1 aromatic carbocycles. The van der Waals surface area contributed by atoms with E-state index in [4.69, 9.17) is 4.74 Å². The molecule has 1 N–H and O–H groups in total. The number of aliphatic hydroxyl groups is 1. The van der Waals surface area contributed by atoms with E-state index in [0.717, 1.165) is 44.2 Å². The molecule has 1 saturated heterocycles. The van der Waals surface area contributed by atoms with Crippen molar-refractivity contribution in [2.45, 2.75) is 52.2 Å². The summed E-state index contributed by atoms with van der Waals surface area (Å²) < 4.78 is 19.3. The van der Waals surface area contributed by atoms with E-state index in [2.05, 4.69) is 30.6 Å². The molecule has 2 fully saturated rings. The van der Waals surface area contributed by atoms with Crippen LogP contribution in [0.15, 0.2) is 24.3 Å². The highest BCUT2D eigenvalue weighted by Gasteiger charge is 2.32. The Kier molecular flexibility index (Phi) is 7.72. The Morgan fingerprint density at radius 3 is 2.43 bits per heavy atom. The molecule has 0 unspecified atom stereocenters. The molecule has 1 aliphatic carbocycles. The number of piperazine rings is 1. The summed E-state index contributed by atoms with van der Waals surface area (Å²) in [6.45, 7) is 11.6. The van der Waals surface area contributed by atoms with Gasteiger partial charge in [0, 0.05) is 38.4 Å². The zero-order valence-electron chi connectivity index (χ0n) is 17.7. The summed E-state index contributed by atoms with van der Waals surface area (Å²) >= 11 is 0. The minimum atomic E-state index is -0.442. The molecule has 0 radical (unpaired) electrons. The van der Waals surface area contributed by atoms with Gasteiger partial charge in [-0.1, -0.05) is 27.2 Å². The Hall–Kier alpha value is -1.17. The largest absolute Gasteiger partial charge is 0.389 e. The number of anilines is 1. The fourth-order valence-corrected chi connectivity index (χ4v) is 4.73. The number of rotatable bonds is 7. The predicted molar refractivity (Wildman–Crippen MR) is 112 cm³/mol. The second-order valence-electron chi connectivity index (χ2n) is 9.12. The molecule has 2 aliphatic rings. The number of halogens is 1. The minimum Gasteiger partial charge on any atom is -0.389 e. The molecule has 0 amide bonds. The van der Waals surface area contributed by atoms with Gasteiger partial charge in [-0.3, -0.25) is 4.90 Å². The third-order valence-corrected chi connectivity index (χ3v) is 6.50. The van der Waals surface area contributed by atoms with Gasteiger partial charge in [-0.05, 0) is 54.9 Å². The van der Waals surface area contributed by atoms with Crippen molar-refractivity contribution < 1.29 is 14.2 Å². The average molecular weight is 393 g/mol. The van der Waals surface area contributed by atoms with Gasteiger partial charge in [-0.25, -0.2) is 4.39 Å². The normalized spacial score (nSPS) is 27.9. The second-order valence-corrected chi connectivity index (χ2v) is 9.12. The van der Waals surface area contributed by atoms with E-state index in [1.807, 2.05) is 12.1 Å². The number of hydrogen-bond acceptors (Lipinski definition) is 4. The lowest BCUT2D eigenvalue weighted by Gasteiger charge is -2.39. The fraction of sp³-hybridized carbons (Fsp3) is 0.739. The van der Waals surface area contributed by atoms with Crippen LogP contribution in [0.1, 0.15) is 40.0 Å². The average Bonchev–Trinajstić information content (AvgIpc) is 2.67. The van der Waals surface area contributed by atoms with Crippen molar-refractivity contribution in [1.29, 1.82) is 0 Å². The highest BCUT2D eigenvalue weighted by Crippen LogP contribution is 2.35. The zero-order chi connectivity index (χ0) is 20.1. The smallest absolute Gasteiger partial charge is 0.123 e. The molecule has 0 spiro atoms. The van der Waals surface area contributed by atoms with E-state index in [9.17, 15) is 9.50 Å². The lowest BCUT2D eigenvalue weighted by atomic mass is 9.75. The van der Waals surface area contributed by atoms with Crippen molar-refractivity contribution in [2.24, 2.45) is 17.8 Å². The van der Waals surface area contributed by atoms with Crippen LogP contribution in [0.2, 0.25) is 0 Å². The molecule has 0 bridgehead atoms. The number of ether oxygens (including phenoxy) is 1. The summed E-state index contributed by atoms with van der Waals surface area (Å²) in [4.78, 5) is 4.58. The maximum Gasteiger partial charge on any atom is 0.123 e. The Bertz CT molecular complexity index is 587. The molecule has 28 heavy (non-hydrogen) atoms. The van der Waals surface area contributed by atoms with Crippen LogP contribution >= 0.6 is 0 Å². The van der Waals surface area contributed by atoms with E-state index < -0.39 is 6.10 Å². The minimum absolute atomic E-state index is 0.197. The van der Waals surface area contributed by atoms with Crippen molar-refractivity contribution in [3.8, 4) is 0 Å². The van der Waals surface area contributed by atoms with Crippen LogP contribution in [-0.4, -0.2) is 61.5 Å². The summed E-state index contributed by atoms with van der Waals surface area (Å²) in [6, 6.07) is 6.70. The Balaban J connectivity index is 1.40. The Morgan fingerprint density at radius 2 is 1.79 bits per heavy atom. The fourth-order valence-electron chi connectivity index (χ4n) is 4.73. The van der Waals surface area contributed by atoms with Crippen LogP contribution < -0.4 is 4.90 Å². The third kappa shape index (κ3) is 5.91. The van der Waals surface area contributed by atoms with Crippen LogP contribution in [0.25, 0.3) is 0 Å². The summed E-state index contributed by atoms with van der Waals surface area (Å²) in [7, 11) is 0. The van der Waals surface area contributed by atoms with E-state index in [1.54, 1.807) is 0 Å². The molecule has 1 aromatic rings. The van der Waals surface area contributed by atoms with Crippen LogP contribution in [-0.2, 0) is 4.74 Å². The second kappa shape index (κ2) is 10.0. The molecule has 0 aromatic heterocycles. The molecule has 1 aliphatic heterocycles. The van der Waals surface area contributed by atoms with Crippen molar-refractivity contribution in [3.05, 3.63) is 30.1 Å². The van der Waals surface area contributed by atoms with Crippen molar-refractivity contribution >= 4 is 5.69 Å². The topological polar surface area (TPSA) is 35.9 Å². The van der Waals surface area contributed by atoms with E-state index in [1.165, 1.54) is 25.0 Å². The summed E-state index contributed by atoms with van der Waals surface area (Å²) in [5.74, 6) is 1.77. The summed E-state index contributed by atoms with van der Waals surface area (Å²) in [5.41, 5.74) is 1.07. The third-order valence-electron chi connectivity index (χ3n) is 6.50. The first-order chi connectivity index (χ1) is 13.4. The van der Waals surface area contributed by atoms with Crippen LogP contribution in [0.4, 0.5) is 10.1 Å². The van der Waals surface area contributed by atoms with Gasteiger partial charge in [0.05, 0.1) is 18.8 Å². The Morgan fingerprint density at radius 1 is 1.11 bits per heavy atom. The number of nitrogens with zero attached hydrogens (tertiary/aromatic N) is 2. The number of β-amino-alcohol motifs (C(OH)–C–C–N with tert-alkyl or cyclic N) is 1. The lowest BCUT2D eigenvalue weighted by molar-refractivity contribution is -0.0740. The first kappa shape index (κ1) is 21.5. The standard InChI is InChI=1S/C23H37FN2O2/c1-17(2)22-9-4-18(3)14-23(22)28-16-21(27)15-25-10-12-26(13-11-25)20-7-5-19(24)6-8-20/h5-8,17-18,21-23,27H,4,9-16H2,1-3H3/t18-,21-,22-,23+/m1/s1. The van der Waals surface area contributed by atoms with Crippen molar-refractivity contribution in [2.75, 3.05) is 44.2 Å². The van der Waals surface area contributed by atoms with Gasteiger partial charge >= 0.3 is 0 Å². The van der Waals surface area contributed by atoms with Crippen LogP contribution in [0.3, 0.4) is 0 Å². The summed E-state index contributed by atoms with van der Waals surface area (Å²) in [6.07, 6.45) is 3.50. The number of aliphatic hydroxyl groups excluding tert-OH is 1. The maximum absolute atomic E-state index is 13.1. The van der Waals surface area contributed by atoms with Gasteiger partial charge in [-0.15, -0.1) is 0 Å². The van der Waals surface area contributed by atoms with Crippen molar-refractivity contribution in [1.82, 2.24) is 4.90 Å². The molecule has 3 rings (SSSR count). The molecular weight excluding hydrogens is 355 g/mol. The van der Waals surface area contributed by atoms with Gasteiger partial charge in [0.25, 0.3) is 0 Å². The first-order valence-corrected chi connectivity index (χ1v) is 10.9. The van der Waals surface area contributed by atoms with Gasteiger partial charge < -0.3 is 14.7 Å². The summed E-state index contributed by atoms with van der Waals surface area (Å²) in [5, 5.41) is 10.5. The first-order valence-electron chi connectivity index (χ1n) is 10.9. The van der Waals surface area contributed by atoms with Gasteiger partial charge in [0.1, 0.15) is 5.82 Å². The molecule has 5 heteroatoms. The lowest BCUT2D eigenvalue weighted by Crippen LogP contribution is -2.49. The molecular formula is C23H37FN2O2. The Labute approximate surface area is 169 Å². The van der Waals surface area contributed by atoms with Gasteiger partial charge in [0.2, 0.25) is 0 Å². The number of hydrogen-bond donors (Lipinski definition) is 1. The molecule has 4 nitrogen and oxygen atoms in total. The van der Waals surface area contributed by atoms with Crippen molar-refractivity contribution in [3.63, 3.8) is 0 Å². The SMILES string of the molecule is CC(C)[C@H]1CC[C@@H](C)C[C@@H]1OC[C@H](O)CN1CCN(c2ccc(F)cc2)CC1. The molecule has 4 atom stereocenters. The number of benzene rings is 1. The molecule has 1 heterocycles. The van der Waals surface area contributed by atoms with Crippen LogP contribution in [0, 0.1) is 23.6 Å². The van der Waals surface area contributed by atoms with E-state index >= 15 is 0 Å². The van der Waals surface area contributed by atoms with E-state index in [0.29, 0.717) is 25.0 Å². The molecule has 1 saturated carbocycles.